The van der Waals surface area contributed by atoms with Gasteiger partial charge in [0.05, 0.1) is 19.8 Å². The van der Waals surface area contributed by atoms with Gasteiger partial charge in [0.25, 0.3) is 11.8 Å². The minimum atomic E-state index is -0.438. The van der Waals surface area contributed by atoms with E-state index in [1.807, 2.05) is 45.9 Å². The average Bonchev–Trinajstić information content (AvgIpc) is 2.86. The van der Waals surface area contributed by atoms with Crippen molar-refractivity contribution >= 4 is 40.5 Å². The summed E-state index contributed by atoms with van der Waals surface area (Å²) >= 11 is 5.35. The number of rotatable bonds is 10. The molecule has 0 saturated heterocycles. The van der Waals surface area contributed by atoms with Crippen LogP contribution < -0.4 is 30.2 Å². The molecule has 0 radical (unpaired) electrons. The Labute approximate surface area is 222 Å². The third-order valence-electron chi connectivity index (χ3n) is 5.17. The topological polar surface area (TPSA) is 97.9 Å². The van der Waals surface area contributed by atoms with Crippen molar-refractivity contribution in [2.45, 2.75) is 27.7 Å². The van der Waals surface area contributed by atoms with Crippen molar-refractivity contribution < 1.29 is 23.8 Å². The number of hydrogen-bond donors (Lipinski definition) is 3. The maximum absolute atomic E-state index is 13.0. The highest BCUT2D eigenvalue weighted by atomic mass is 32.1. The lowest BCUT2D eigenvalue weighted by Crippen LogP contribution is -2.34. The van der Waals surface area contributed by atoms with Crippen LogP contribution in [-0.2, 0) is 0 Å². The summed E-state index contributed by atoms with van der Waals surface area (Å²) in [5, 5.41) is 8.63. The van der Waals surface area contributed by atoms with E-state index in [1.54, 1.807) is 42.5 Å². The molecule has 37 heavy (non-hydrogen) atoms. The van der Waals surface area contributed by atoms with Crippen molar-refractivity contribution in [1.82, 2.24) is 5.32 Å². The first-order valence-corrected chi connectivity index (χ1v) is 12.4. The van der Waals surface area contributed by atoms with Gasteiger partial charge >= 0.3 is 0 Å². The summed E-state index contributed by atoms with van der Waals surface area (Å²) in [7, 11) is 0. The molecule has 0 aliphatic carbocycles. The number of aryl methyl sites for hydroxylation is 1. The minimum Gasteiger partial charge on any atom is -0.490 e. The molecule has 3 aromatic carbocycles. The molecule has 3 rings (SSSR count). The van der Waals surface area contributed by atoms with E-state index in [4.69, 9.17) is 26.4 Å². The van der Waals surface area contributed by atoms with Gasteiger partial charge in [0.2, 0.25) is 5.75 Å². The molecule has 0 atom stereocenters. The second-order valence-corrected chi connectivity index (χ2v) is 8.27. The number of benzene rings is 3. The lowest BCUT2D eigenvalue weighted by molar-refractivity contribution is 0.0975. The van der Waals surface area contributed by atoms with Crippen LogP contribution in [0.5, 0.6) is 17.2 Å². The monoisotopic (exact) mass is 521 g/mol. The average molecular weight is 522 g/mol. The molecule has 0 bridgehead atoms. The number of nitrogens with one attached hydrogen (secondary N) is 3. The zero-order valence-corrected chi connectivity index (χ0v) is 22.2. The van der Waals surface area contributed by atoms with Gasteiger partial charge in [-0.2, -0.15) is 0 Å². The predicted molar refractivity (Wildman–Crippen MR) is 149 cm³/mol. The summed E-state index contributed by atoms with van der Waals surface area (Å²) in [6.07, 6.45) is 0. The van der Waals surface area contributed by atoms with Crippen LogP contribution in [0.4, 0.5) is 11.4 Å². The van der Waals surface area contributed by atoms with Gasteiger partial charge < -0.3 is 24.8 Å². The van der Waals surface area contributed by atoms with Crippen molar-refractivity contribution in [2.75, 3.05) is 30.5 Å². The quantitative estimate of drug-likeness (QED) is 0.300. The Morgan fingerprint density at radius 1 is 0.757 bits per heavy atom. The van der Waals surface area contributed by atoms with E-state index < -0.39 is 5.91 Å². The molecule has 9 heteroatoms. The van der Waals surface area contributed by atoms with Crippen LogP contribution in [0.25, 0.3) is 0 Å². The number of thiocarbonyl (C=S) groups is 1. The molecule has 8 nitrogen and oxygen atoms in total. The first kappa shape index (κ1) is 27.5. The van der Waals surface area contributed by atoms with Crippen LogP contribution in [0.1, 0.15) is 47.1 Å². The molecule has 0 aromatic heterocycles. The van der Waals surface area contributed by atoms with Gasteiger partial charge in [-0.05, 0) is 81.9 Å². The smallest absolute Gasteiger partial charge is 0.257 e. The van der Waals surface area contributed by atoms with Gasteiger partial charge in [0.15, 0.2) is 16.6 Å². The highest BCUT2D eigenvalue weighted by Gasteiger charge is 2.19. The molecule has 194 valence electrons. The van der Waals surface area contributed by atoms with Crippen LogP contribution in [0.3, 0.4) is 0 Å². The van der Waals surface area contributed by atoms with Gasteiger partial charge in [-0.3, -0.25) is 14.9 Å². The maximum atomic E-state index is 13.0. The van der Waals surface area contributed by atoms with Crippen molar-refractivity contribution in [2.24, 2.45) is 0 Å². The molecule has 3 N–H and O–H groups in total. The Kier molecular flexibility index (Phi) is 9.85. The predicted octanol–water partition coefficient (Wildman–Crippen LogP) is 5.57. The fourth-order valence-corrected chi connectivity index (χ4v) is 3.77. The van der Waals surface area contributed by atoms with Crippen molar-refractivity contribution in [3.8, 4) is 17.2 Å². The normalized spacial score (nSPS) is 10.3. The number of ether oxygens (including phenoxy) is 3. The highest BCUT2D eigenvalue weighted by molar-refractivity contribution is 7.80. The Morgan fingerprint density at radius 3 is 1.95 bits per heavy atom. The van der Waals surface area contributed by atoms with Crippen molar-refractivity contribution in [3.63, 3.8) is 0 Å². The van der Waals surface area contributed by atoms with Gasteiger partial charge in [0.1, 0.15) is 0 Å². The van der Waals surface area contributed by atoms with E-state index in [1.165, 1.54) is 0 Å². The zero-order chi connectivity index (χ0) is 26.8. The lowest BCUT2D eigenvalue weighted by atomic mass is 10.1. The molecule has 0 saturated carbocycles. The number of hydrogen-bond acceptors (Lipinski definition) is 6. The summed E-state index contributed by atoms with van der Waals surface area (Å²) < 4.78 is 17.1. The first-order chi connectivity index (χ1) is 17.9. The van der Waals surface area contributed by atoms with Gasteiger partial charge in [-0.1, -0.05) is 24.3 Å². The maximum Gasteiger partial charge on any atom is 0.257 e. The Hall–Kier alpha value is -4.11. The fraction of sp³-hybridized carbons (Fsp3) is 0.250. The van der Waals surface area contributed by atoms with Gasteiger partial charge in [-0.25, -0.2) is 0 Å². The van der Waals surface area contributed by atoms with Crippen LogP contribution in [0.15, 0.2) is 60.7 Å². The van der Waals surface area contributed by atoms with E-state index >= 15 is 0 Å². The van der Waals surface area contributed by atoms with Crippen LogP contribution in [0.2, 0.25) is 0 Å². The van der Waals surface area contributed by atoms with E-state index in [0.29, 0.717) is 59.6 Å². The number of carbonyl (C=O) groups is 2. The molecule has 0 fully saturated rings. The molecule has 0 spiro atoms. The van der Waals surface area contributed by atoms with E-state index in [-0.39, 0.29) is 11.0 Å². The molecule has 0 unspecified atom stereocenters. The summed E-state index contributed by atoms with van der Waals surface area (Å²) in [6, 6.07) is 17.6. The second kappa shape index (κ2) is 13.3. The van der Waals surface area contributed by atoms with Gasteiger partial charge in [0, 0.05) is 22.5 Å². The second-order valence-electron chi connectivity index (χ2n) is 7.86. The van der Waals surface area contributed by atoms with Gasteiger partial charge in [-0.15, -0.1) is 0 Å². The van der Waals surface area contributed by atoms with Crippen molar-refractivity contribution in [1.29, 1.82) is 0 Å². The molecule has 3 aromatic rings. The minimum absolute atomic E-state index is 0.0946. The Bertz CT molecular complexity index is 1250. The Balaban J connectivity index is 1.71. The summed E-state index contributed by atoms with van der Waals surface area (Å²) in [5.41, 5.74) is 2.97. The van der Waals surface area contributed by atoms with E-state index in [2.05, 4.69) is 16.0 Å². The molecular formula is C28H31N3O5S. The molecule has 0 aliphatic rings. The number of amides is 2. The van der Waals surface area contributed by atoms with E-state index in [0.717, 1.165) is 5.56 Å². The summed E-state index contributed by atoms with van der Waals surface area (Å²) in [5.74, 6) is 0.629. The third-order valence-corrected chi connectivity index (χ3v) is 5.37. The fourth-order valence-electron chi connectivity index (χ4n) is 3.56. The highest BCUT2D eigenvalue weighted by Crippen LogP contribution is 2.39. The number of carbonyl (C=O) groups excluding carboxylic acids is 2. The van der Waals surface area contributed by atoms with E-state index in [9.17, 15) is 9.59 Å². The first-order valence-electron chi connectivity index (χ1n) is 12.0. The molecular weight excluding hydrogens is 490 g/mol. The number of anilines is 2. The molecule has 2 amide bonds. The largest absolute Gasteiger partial charge is 0.490 e. The Morgan fingerprint density at radius 2 is 1.35 bits per heavy atom. The summed E-state index contributed by atoms with van der Waals surface area (Å²) in [4.78, 5) is 25.6. The lowest BCUT2D eigenvalue weighted by Gasteiger charge is -2.17. The third kappa shape index (κ3) is 7.44. The summed E-state index contributed by atoms with van der Waals surface area (Å²) in [6.45, 7) is 8.65. The SMILES string of the molecule is CCOc1cc(C(=O)NC(=S)Nc2cccc(NC(=O)c3ccccc3C)c2)cc(OCC)c1OCC. The van der Waals surface area contributed by atoms with Crippen molar-refractivity contribution in [3.05, 3.63) is 77.4 Å². The van der Waals surface area contributed by atoms with Crippen LogP contribution >= 0.6 is 12.2 Å². The molecule has 0 aliphatic heterocycles. The molecule has 0 heterocycles. The van der Waals surface area contributed by atoms with Crippen LogP contribution in [-0.4, -0.2) is 36.7 Å². The zero-order valence-electron chi connectivity index (χ0n) is 21.3. The van der Waals surface area contributed by atoms with Crippen LogP contribution in [0, 0.1) is 6.92 Å². The standard InChI is InChI=1S/C28H31N3O5S/c1-5-34-23-15-19(16-24(35-6-2)25(23)36-7-3)26(32)31-28(37)30-21-13-10-12-20(17-21)29-27(33)22-14-9-8-11-18(22)4/h8-17H,5-7H2,1-4H3,(H,29,33)(H2,30,31,32,37).